The summed E-state index contributed by atoms with van der Waals surface area (Å²) in [5, 5.41) is 11.0. The predicted molar refractivity (Wildman–Crippen MR) is 89.7 cm³/mol. The summed E-state index contributed by atoms with van der Waals surface area (Å²) in [6.45, 7) is 0.268. The minimum Gasteiger partial charge on any atom is -0.256 e. The summed E-state index contributed by atoms with van der Waals surface area (Å²) in [5.74, 6) is -0.948. The Morgan fingerprint density at radius 2 is 2.04 bits per heavy atom. The van der Waals surface area contributed by atoms with Gasteiger partial charge in [-0.2, -0.15) is 10.2 Å². The fourth-order valence-electron chi connectivity index (χ4n) is 2.59. The van der Waals surface area contributed by atoms with Crippen molar-refractivity contribution < 1.29 is 13.2 Å². The molecule has 1 N–H and O–H groups in total. The number of pyridine rings is 1. The summed E-state index contributed by atoms with van der Waals surface area (Å²) in [6, 6.07) is 5.28. The Balaban J connectivity index is 1.76. The lowest BCUT2D eigenvalue weighted by atomic mass is 10.0. The van der Waals surface area contributed by atoms with Crippen molar-refractivity contribution in [1.82, 2.24) is 25.0 Å². The second kappa shape index (κ2) is 6.37. The van der Waals surface area contributed by atoms with E-state index in [0.29, 0.717) is 27.2 Å². The highest BCUT2D eigenvalue weighted by molar-refractivity contribution is 7.08. The SMILES string of the molecule is O=c1[nH]nc(Cn2ncc3ncc(-c4ccc(F)c(C(F)F)c4)cc32)s1. The van der Waals surface area contributed by atoms with Gasteiger partial charge in [0.2, 0.25) is 0 Å². The van der Waals surface area contributed by atoms with E-state index in [0.717, 1.165) is 23.5 Å². The van der Waals surface area contributed by atoms with Crippen LogP contribution in [-0.2, 0) is 6.54 Å². The van der Waals surface area contributed by atoms with Crippen molar-refractivity contribution in [3.05, 3.63) is 62.7 Å². The highest BCUT2D eigenvalue weighted by Gasteiger charge is 2.15. The Bertz CT molecular complexity index is 1150. The Kier molecular flexibility index (Phi) is 4.03. The van der Waals surface area contributed by atoms with Crippen LogP contribution < -0.4 is 4.87 Å². The lowest BCUT2D eigenvalue weighted by Crippen LogP contribution is -2.01. The van der Waals surface area contributed by atoms with Crippen molar-refractivity contribution in [3.63, 3.8) is 0 Å². The number of halogens is 3. The third kappa shape index (κ3) is 2.99. The zero-order chi connectivity index (χ0) is 18.3. The standard InChI is InChI=1S/C16H10F3N5OS/c17-11-2-1-8(3-10(11)15(18)19)9-4-13-12(20-5-9)6-21-24(13)7-14-22-23-16(25)26-14/h1-6,15H,7H2,(H,23,25). The van der Waals surface area contributed by atoms with Crippen molar-refractivity contribution in [1.29, 1.82) is 0 Å². The fraction of sp³-hybridized carbons (Fsp3) is 0.125. The summed E-state index contributed by atoms with van der Waals surface area (Å²) in [5.41, 5.74) is 1.57. The molecule has 0 fully saturated rings. The van der Waals surface area contributed by atoms with E-state index in [4.69, 9.17) is 0 Å². The molecule has 0 amide bonds. The van der Waals surface area contributed by atoms with Gasteiger partial charge in [0, 0.05) is 11.8 Å². The number of H-pyrrole nitrogens is 1. The average molecular weight is 377 g/mol. The van der Waals surface area contributed by atoms with Crippen LogP contribution in [0.1, 0.15) is 17.0 Å². The number of nitrogens with zero attached hydrogens (tertiary/aromatic N) is 4. The van der Waals surface area contributed by atoms with Gasteiger partial charge in [0.15, 0.2) is 0 Å². The molecule has 4 rings (SSSR count). The summed E-state index contributed by atoms with van der Waals surface area (Å²) in [4.78, 5) is 15.2. The van der Waals surface area contributed by atoms with Gasteiger partial charge in [-0.15, -0.1) is 0 Å². The van der Waals surface area contributed by atoms with Gasteiger partial charge in [-0.05, 0) is 23.8 Å². The molecule has 10 heteroatoms. The van der Waals surface area contributed by atoms with Crippen LogP contribution in [0.25, 0.3) is 22.2 Å². The quantitative estimate of drug-likeness (QED) is 0.592. The summed E-state index contributed by atoms with van der Waals surface area (Å²) in [7, 11) is 0. The molecule has 0 aliphatic carbocycles. The van der Waals surface area contributed by atoms with Gasteiger partial charge < -0.3 is 0 Å². The number of aromatic nitrogens is 5. The van der Waals surface area contributed by atoms with Gasteiger partial charge in [-0.1, -0.05) is 17.4 Å². The second-order valence-electron chi connectivity index (χ2n) is 5.47. The van der Waals surface area contributed by atoms with Crippen LogP contribution in [0.4, 0.5) is 13.2 Å². The number of nitrogens with one attached hydrogen (secondary N) is 1. The van der Waals surface area contributed by atoms with Crippen molar-refractivity contribution in [3.8, 4) is 11.1 Å². The molecule has 6 nitrogen and oxygen atoms in total. The van der Waals surface area contributed by atoms with E-state index in [1.54, 1.807) is 16.9 Å². The topological polar surface area (TPSA) is 76.5 Å². The zero-order valence-electron chi connectivity index (χ0n) is 13.0. The third-order valence-electron chi connectivity index (χ3n) is 3.83. The molecule has 3 heterocycles. The highest BCUT2D eigenvalue weighted by atomic mass is 32.1. The third-order valence-corrected chi connectivity index (χ3v) is 4.56. The van der Waals surface area contributed by atoms with E-state index in [1.807, 2.05) is 0 Å². The van der Waals surface area contributed by atoms with Gasteiger partial charge in [-0.3, -0.25) is 14.5 Å². The van der Waals surface area contributed by atoms with Gasteiger partial charge in [0.05, 0.1) is 23.8 Å². The molecule has 0 spiro atoms. The van der Waals surface area contributed by atoms with Gasteiger partial charge in [-0.25, -0.2) is 18.3 Å². The molecule has 4 aromatic rings. The summed E-state index contributed by atoms with van der Waals surface area (Å²) in [6.07, 6.45) is 0.174. The van der Waals surface area contributed by atoms with E-state index >= 15 is 0 Å². The maximum Gasteiger partial charge on any atom is 0.322 e. The molecule has 0 saturated heterocycles. The molecule has 0 bridgehead atoms. The lowest BCUT2D eigenvalue weighted by molar-refractivity contribution is 0.146. The smallest absolute Gasteiger partial charge is 0.256 e. The monoisotopic (exact) mass is 377 g/mol. The van der Waals surface area contributed by atoms with Crippen LogP contribution in [0.2, 0.25) is 0 Å². The number of benzene rings is 1. The lowest BCUT2D eigenvalue weighted by Gasteiger charge is -2.07. The van der Waals surface area contributed by atoms with Crippen LogP contribution in [0.3, 0.4) is 0 Å². The van der Waals surface area contributed by atoms with Gasteiger partial charge >= 0.3 is 4.87 Å². The molecule has 0 aliphatic heterocycles. The number of hydrogen-bond donors (Lipinski definition) is 1. The van der Waals surface area contributed by atoms with E-state index < -0.39 is 17.8 Å². The molecular formula is C16H10F3N5OS. The molecular weight excluding hydrogens is 367 g/mol. The fourth-order valence-corrected chi connectivity index (χ4v) is 3.17. The first-order valence-electron chi connectivity index (χ1n) is 7.45. The first kappa shape index (κ1) is 16.5. The van der Waals surface area contributed by atoms with E-state index in [9.17, 15) is 18.0 Å². The molecule has 0 atom stereocenters. The maximum atomic E-state index is 13.5. The van der Waals surface area contributed by atoms with Crippen molar-refractivity contribution in [2.45, 2.75) is 13.0 Å². The van der Waals surface area contributed by atoms with Crippen LogP contribution in [-0.4, -0.2) is 25.0 Å². The average Bonchev–Trinajstić information content (AvgIpc) is 3.21. The largest absolute Gasteiger partial charge is 0.322 e. The number of alkyl halides is 2. The second-order valence-corrected chi connectivity index (χ2v) is 6.52. The maximum absolute atomic E-state index is 13.5. The molecule has 1 aromatic carbocycles. The normalized spacial score (nSPS) is 11.5. The Labute approximate surface area is 147 Å². The van der Waals surface area contributed by atoms with E-state index in [2.05, 4.69) is 20.3 Å². The van der Waals surface area contributed by atoms with Crippen LogP contribution in [0.15, 0.2) is 41.5 Å². The number of fused-ring (bicyclic) bond motifs is 1. The summed E-state index contributed by atoms with van der Waals surface area (Å²) < 4.78 is 41.0. The molecule has 0 unspecified atom stereocenters. The molecule has 132 valence electrons. The molecule has 26 heavy (non-hydrogen) atoms. The van der Waals surface area contributed by atoms with E-state index in [1.165, 1.54) is 12.3 Å². The highest BCUT2D eigenvalue weighted by Crippen LogP contribution is 2.29. The predicted octanol–water partition coefficient (Wildman–Crippen LogP) is 3.37. The van der Waals surface area contributed by atoms with E-state index in [-0.39, 0.29) is 11.4 Å². The first-order valence-corrected chi connectivity index (χ1v) is 8.27. The van der Waals surface area contributed by atoms with Gasteiger partial charge in [0.25, 0.3) is 6.43 Å². The molecule has 0 radical (unpaired) electrons. The van der Waals surface area contributed by atoms with Crippen molar-refractivity contribution in [2.75, 3.05) is 0 Å². The van der Waals surface area contributed by atoms with Crippen LogP contribution in [0, 0.1) is 5.82 Å². The van der Waals surface area contributed by atoms with Gasteiger partial charge in [0.1, 0.15) is 16.3 Å². The summed E-state index contributed by atoms with van der Waals surface area (Å²) >= 11 is 0.973. The Morgan fingerprint density at radius 3 is 2.77 bits per heavy atom. The molecule has 0 aliphatic rings. The van der Waals surface area contributed by atoms with Crippen LogP contribution in [0.5, 0.6) is 0 Å². The minimum atomic E-state index is -2.90. The zero-order valence-corrected chi connectivity index (χ0v) is 13.8. The molecule has 0 saturated carbocycles. The van der Waals surface area contributed by atoms with Crippen molar-refractivity contribution in [2.24, 2.45) is 0 Å². The number of rotatable bonds is 4. The Hall–Kier alpha value is -3.01. The Morgan fingerprint density at radius 1 is 1.19 bits per heavy atom. The molecule has 3 aromatic heterocycles. The number of aromatic amines is 1. The van der Waals surface area contributed by atoms with Crippen LogP contribution >= 0.6 is 11.3 Å². The number of hydrogen-bond acceptors (Lipinski definition) is 5. The van der Waals surface area contributed by atoms with Crippen molar-refractivity contribution >= 4 is 22.4 Å². The first-order chi connectivity index (χ1) is 12.5. The minimum absolute atomic E-state index is 0.263.